The number of nitrogens with zero attached hydrogens (tertiary/aromatic N) is 1. The lowest BCUT2D eigenvalue weighted by atomic mass is 9.77. The summed E-state index contributed by atoms with van der Waals surface area (Å²) in [7, 11) is 0. The third-order valence-electron chi connectivity index (χ3n) is 2.44. The van der Waals surface area contributed by atoms with Gasteiger partial charge in [-0.3, -0.25) is 10.1 Å². The standard InChI is InChI=1S/C9H15NO2S/c1-9(2)5-3-4-7(6-9)8(13)10(11)12/h4,8,13H,3,5-6H2,1-2H3. The van der Waals surface area contributed by atoms with Crippen LogP contribution in [0.15, 0.2) is 11.6 Å². The van der Waals surface area contributed by atoms with Gasteiger partial charge in [0, 0.05) is 10.5 Å². The summed E-state index contributed by atoms with van der Waals surface area (Å²) in [4.78, 5) is 10.2. The zero-order valence-electron chi connectivity index (χ0n) is 7.99. The molecule has 0 aromatic rings. The summed E-state index contributed by atoms with van der Waals surface area (Å²) in [6.45, 7) is 4.28. The van der Waals surface area contributed by atoms with Gasteiger partial charge < -0.3 is 0 Å². The molecule has 0 saturated carbocycles. The number of allylic oxidation sites excluding steroid dienone is 1. The second-order valence-corrected chi connectivity index (χ2v) is 4.81. The molecule has 1 rings (SSSR count). The SMILES string of the molecule is CC1(C)CCC=C(C(S)[N+](=O)[O-])C1. The van der Waals surface area contributed by atoms with E-state index < -0.39 is 5.37 Å². The van der Waals surface area contributed by atoms with E-state index >= 15 is 0 Å². The topological polar surface area (TPSA) is 43.1 Å². The van der Waals surface area contributed by atoms with Crippen molar-refractivity contribution in [3.05, 3.63) is 21.8 Å². The Kier molecular flexibility index (Phi) is 3.01. The minimum absolute atomic E-state index is 0.196. The van der Waals surface area contributed by atoms with E-state index in [9.17, 15) is 10.1 Å². The second kappa shape index (κ2) is 3.70. The summed E-state index contributed by atoms with van der Waals surface area (Å²) in [5.74, 6) is 0. The molecule has 1 aliphatic carbocycles. The lowest BCUT2D eigenvalue weighted by Gasteiger charge is -2.29. The van der Waals surface area contributed by atoms with Crippen LogP contribution in [0.3, 0.4) is 0 Å². The van der Waals surface area contributed by atoms with Crippen LogP contribution in [0.2, 0.25) is 0 Å². The monoisotopic (exact) mass is 201 g/mol. The normalized spacial score (nSPS) is 23.5. The van der Waals surface area contributed by atoms with Crippen LogP contribution in [-0.4, -0.2) is 10.3 Å². The van der Waals surface area contributed by atoms with Gasteiger partial charge in [-0.25, -0.2) is 0 Å². The summed E-state index contributed by atoms with van der Waals surface area (Å²) in [6, 6.07) is 0. The molecule has 0 radical (unpaired) electrons. The molecule has 0 saturated heterocycles. The zero-order valence-corrected chi connectivity index (χ0v) is 8.88. The van der Waals surface area contributed by atoms with E-state index in [4.69, 9.17) is 0 Å². The molecule has 74 valence electrons. The number of thiol groups is 1. The molecule has 0 heterocycles. The van der Waals surface area contributed by atoms with Gasteiger partial charge >= 0.3 is 0 Å². The number of hydrogen-bond donors (Lipinski definition) is 1. The lowest BCUT2D eigenvalue weighted by molar-refractivity contribution is -0.485. The average Bonchev–Trinajstić information content (AvgIpc) is 2.01. The van der Waals surface area contributed by atoms with Crippen LogP contribution >= 0.6 is 12.6 Å². The number of hydrogen-bond acceptors (Lipinski definition) is 3. The molecule has 0 aromatic heterocycles. The molecule has 0 amide bonds. The van der Waals surface area contributed by atoms with E-state index in [0.717, 1.165) is 24.8 Å². The molecule has 0 bridgehead atoms. The first-order valence-corrected chi connectivity index (χ1v) is 4.94. The quantitative estimate of drug-likeness (QED) is 0.245. The molecule has 1 atom stereocenters. The molecular weight excluding hydrogens is 186 g/mol. The van der Waals surface area contributed by atoms with Gasteiger partial charge in [-0.15, -0.1) is 0 Å². The van der Waals surface area contributed by atoms with Crippen LogP contribution < -0.4 is 0 Å². The van der Waals surface area contributed by atoms with Gasteiger partial charge in [0.1, 0.15) is 0 Å². The maximum Gasteiger partial charge on any atom is 0.276 e. The van der Waals surface area contributed by atoms with Crippen LogP contribution in [0, 0.1) is 15.5 Å². The van der Waals surface area contributed by atoms with E-state index in [1.54, 1.807) is 0 Å². The zero-order chi connectivity index (χ0) is 10.1. The average molecular weight is 201 g/mol. The first-order chi connectivity index (χ1) is 5.92. The molecule has 4 heteroatoms. The maximum atomic E-state index is 10.5. The molecule has 0 aliphatic heterocycles. The van der Waals surface area contributed by atoms with E-state index in [-0.39, 0.29) is 10.3 Å². The Morgan fingerprint density at radius 2 is 2.31 bits per heavy atom. The fourth-order valence-corrected chi connectivity index (χ4v) is 1.89. The predicted octanol–water partition coefficient (Wildman–Crippen LogP) is 2.66. The van der Waals surface area contributed by atoms with Crippen molar-refractivity contribution in [3.63, 3.8) is 0 Å². The summed E-state index contributed by atoms with van der Waals surface area (Å²) in [5.41, 5.74) is 1.06. The number of rotatable bonds is 2. The van der Waals surface area contributed by atoms with Crippen molar-refractivity contribution < 1.29 is 4.92 Å². The Morgan fingerprint density at radius 1 is 1.69 bits per heavy atom. The summed E-state index contributed by atoms with van der Waals surface area (Å²) >= 11 is 3.98. The number of nitro groups is 1. The lowest BCUT2D eigenvalue weighted by Crippen LogP contribution is -2.24. The highest BCUT2D eigenvalue weighted by atomic mass is 32.1. The van der Waals surface area contributed by atoms with Crippen LogP contribution in [0.1, 0.15) is 33.1 Å². The van der Waals surface area contributed by atoms with Crippen molar-refractivity contribution in [2.45, 2.75) is 38.5 Å². The van der Waals surface area contributed by atoms with Crippen molar-refractivity contribution in [2.75, 3.05) is 0 Å². The van der Waals surface area contributed by atoms with E-state index in [0.29, 0.717) is 0 Å². The highest BCUT2D eigenvalue weighted by Crippen LogP contribution is 2.37. The van der Waals surface area contributed by atoms with Crippen LogP contribution in [0.25, 0.3) is 0 Å². The molecule has 0 N–H and O–H groups in total. The van der Waals surface area contributed by atoms with Gasteiger partial charge in [-0.1, -0.05) is 32.6 Å². The first-order valence-electron chi connectivity index (χ1n) is 4.43. The molecule has 3 nitrogen and oxygen atoms in total. The third kappa shape index (κ3) is 2.72. The Balaban J connectivity index is 2.71. The largest absolute Gasteiger partial charge is 0.276 e. The van der Waals surface area contributed by atoms with Gasteiger partial charge in [-0.2, -0.15) is 0 Å². The van der Waals surface area contributed by atoms with Crippen molar-refractivity contribution in [1.82, 2.24) is 0 Å². The van der Waals surface area contributed by atoms with E-state index in [2.05, 4.69) is 26.5 Å². The van der Waals surface area contributed by atoms with Crippen molar-refractivity contribution in [2.24, 2.45) is 5.41 Å². The molecule has 1 aliphatic rings. The molecule has 1 unspecified atom stereocenters. The smallest absolute Gasteiger partial charge is 0.263 e. The van der Waals surface area contributed by atoms with Crippen molar-refractivity contribution in [3.8, 4) is 0 Å². The summed E-state index contributed by atoms with van der Waals surface area (Å²) in [6.07, 6.45) is 4.80. The highest BCUT2D eigenvalue weighted by Gasteiger charge is 2.30. The van der Waals surface area contributed by atoms with Crippen LogP contribution in [-0.2, 0) is 0 Å². The molecule has 0 spiro atoms. The fraction of sp³-hybridized carbons (Fsp3) is 0.778. The minimum Gasteiger partial charge on any atom is -0.263 e. The van der Waals surface area contributed by atoms with Gasteiger partial charge in [0.2, 0.25) is 0 Å². The molecule has 0 fully saturated rings. The molecule has 0 aromatic carbocycles. The van der Waals surface area contributed by atoms with Gasteiger partial charge in [-0.05, 0) is 24.7 Å². The third-order valence-corrected chi connectivity index (χ3v) is 2.96. The van der Waals surface area contributed by atoms with Gasteiger partial charge in [0.15, 0.2) is 0 Å². The Bertz CT molecular complexity index is 248. The Hall–Kier alpha value is -0.510. The van der Waals surface area contributed by atoms with Crippen LogP contribution in [0.4, 0.5) is 0 Å². The van der Waals surface area contributed by atoms with Crippen molar-refractivity contribution >= 4 is 12.6 Å². The predicted molar refractivity (Wildman–Crippen MR) is 55.5 cm³/mol. The van der Waals surface area contributed by atoms with E-state index in [1.165, 1.54) is 0 Å². The second-order valence-electron chi connectivity index (χ2n) is 4.32. The van der Waals surface area contributed by atoms with E-state index in [1.807, 2.05) is 6.08 Å². The highest BCUT2D eigenvalue weighted by molar-refractivity contribution is 7.80. The molecule has 13 heavy (non-hydrogen) atoms. The maximum absolute atomic E-state index is 10.5. The molecular formula is C9H15NO2S. The van der Waals surface area contributed by atoms with Gasteiger partial charge in [0.25, 0.3) is 5.37 Å². The summed E-state index contributed by atoms with van der Waals surface area (Å²) < 4.78 is 0. The van der Waals surface area contributed by atoms with Gasteiger partial charge in [0.05, 0.1) is 0 Å². The van der Waals surface area contributed by atoms with Crippen LogP contribution in [0.5, 0.6) is 0 Å². The summed E-state index contributed by atoms with van der Waals surface area (Å²) in [5, 5.41) is 9.69. The Labute approximate surface area is 83.8 Å². The fourth-order valence-electron chi connectivity index (χ4n) is 1.69. The Morgan fingerprint density at radius 3 is 2.77 bits per heavy atom. The van der Waals surface area contributed by atoms with Crippen molar-refractivity contribution in [1.29, 1.82) is 0 Å². The minimum atomic E-state index is -0.806. The first kappa shape index (κ1) is 10.6.